The van der Waals surface area contributed by atoms with E-state index in [9.17, 15) is 9.59 Å². The minimum absolute atomic E-state index is 0.0181. The number of rotatable bonds is 5. The molecule has 0 unspecified atom stereocenters. The normalized spacial score (nSPS) is 10.8. The van der Waals surface area contributed by atoms with Crippen molar-refractivity contribution in [2.24, 2.45) is 0 Å². The molecule has 0 saturated carbocycles. The number of aromatic nitrogens is 2. The quantitative estimate of drug-likeness (QED) is 0.779. The number of amides is 1. The summed E-state index contributed by atoms with van der Waals surface area (Å²) in [5.74, 6) is -0.197. The van der Waals surface area contributed by atoms with Gasteiger partial charge >= 0.3 is 0 Å². The largest absolute Gasteiger partial charge is 0.350 e. The first-order chi connectivity index (χ1) is 12.1. The van der Waals surface area contributed by atoms with Gasteiger partial charge in [-0.15, -0.1) is 0 Å². The summed E-state index contributed by atoms with van der Waals surface area (Å²) >= 11 is 0. The minimum atomic E-state index is -0.235. The topological polar surface area (TPSA) is 64.0 Å². The van der Waals surface area contributed by atoms with Crippen LogP contribution in [0.5, 0.6) is 0 Å². The van der Waals surface area contributed by atoms with Gasteiger partial charge in [-0.1, -0.05) is 43.3 Å². The van der Waals surface area contributed by atoms with Crippen molar-refractivity contribution in [3.63, 3.8) is 0 Å². The fraction of sp³-hybridized carbons (Fsp3) is 0.250. The van der Waals surface area contributed by atoms with Gasteiger partial charge < -0.3 is 5.32 Å². The highest BCUT2D eigenvalue weighted by atomic mass is 16.2. The van der Waals surface area contributed by atoms with Crippen LogP contribution in [0.15, 0.2) is 53.3 Å². The lowest BCUT2D eigenvalue weighted by atomic mass is 10.1. The number of para-hydroxylation sites is 2. The summed E-state index contributed by atoms with van der Waals surface area (Å²) in [5, 5.41) is 2.88. The van der Waals surface area contributed by atoms with Crippen molar-refractivity contribution in [3.8, 4) is 0 Å². The van der Waals surface area contributed by atoms with E-state index < -0.39 is 0 Å². The molecule has 3 rings (SSSR count). The van der Waals surface area contributed by atoms with E-state index in [0.29, 0.717) is 23.3 Å². The van der Waals surface area contributed by atoms with Crippen LogP contribution in [-0.4, -0.2) is 15.5 Å². The van der Waals surface area contributed by atoms with E-state index in [1.807, 2.05) is 30.3 Å². The van der Waals surface area contributed by atoms with Crippen molar-refractivity contribution in [2.45, 2.75) is 33.4 Å². The van der Waals surface area contributed by atoms with E-state index in [2.05, 4.69) is 29.4 Å². The molecule has 0 bridgehead atoms. The van der Waals surface area contributed by atoms with Crippen LogP contribution in [0.4, 0.5) is 0 Å². The van der Waals surface area contributed by atoms with Gasteiger partial charge in [-0.05, 0) is 36.6 Å². The molecule has 0 spiro atoms. The maximum Gasteiger partial charge on any atom is 0.272 e. The maximum absolute atomic E-state index is 12.4. The molecular weight excluding hydrogens is 314 g/mol. The number of fused-ring (bicyclic) bond motifs is 1. The molecule has 0 fully saturated rings. The third-order valence-electron chi connectivity index (χ3n) is 4.24. The molecule has 1 heterocycles. The van der Waals surface area contributed by atoms with Crippen molar-refractivity contribution in [1.29, 1.82) is 0 Å². The summed E-state index contributed by atoms with van der Waals surface area (Å²) in [5.41, 5.74) is 3.83. The van der Waals surface area contributed by atoms with Gasteiger partial charge in [0.1, 0.15) is 12.2 Å². The van der Waals surface area contributed by atoms with Gasteiger partial charge in [0.15, 0.2) is 0 Å². The molecule has 0 saturated heterocycles. The Morgan fingerprint density at radius 1 is 1.08 bits per heavy atom. The van der Waals surface area contributed by atoms with Gasteiger partial charge in [0.05, 0.1) is 11.0 Å². The molecule has 1 amide bonds. The number of nitrogens with zero attached hydrogens (tertiary/aromatic N) is 2. The lowest BCUT2D eigenvalue weighted by Gasteiger charge is -2.11. The monoisotopic (exact) mass is 335 g/mol. The van der Waals surface area contributed by atoms with Gasteiger partial charge in [0.25, 0.3) is 5.56 Å². The van der Waals surface area contributed by atoms with Crippen LogP contribution in [0.1, 0.15) is 23.7 Å². The average molecular weight is 335 g/mol. The molecule has 128 valence electrons. The van der Waals surface area contributed by atoms with E-state index in [-0.39, 0.29) is 18.0 Å². The summed E-state index contributed by atoms with van der Waals surface area (Å²) in [6.07, 6.45) is 0.990. The zero-order valence-electron chi connectivity index (χ0n) is 14.5. The van der Waals surface area contributed by atoms with Gasteiger partial charge in [-0.3, -0.25) is 14.2 Å². The molecule has 0 atom stereocenters. The summed E-state index contributed by atoms with van der Waals surface area (Å²) < 4.78 is 1.48. The lowest BCUT2D eigenvalue weighted by Crippen LogP contribution is -2.33. The molecular formula is C20H21N3O2. The van der Waals surface area contributed by atoms with E-state index in [0.717, 1.165) is 12.0 Å². The van der Waals surface area contributed by atoms with Gasteiger partial charge in [0, 0.05) is 6.54 Å². The Labute approximate surface area is 146 Å². The second-order valence-electron chi connectivity index (χ2n) is 6.02. The summed E-state index contributed by atoms with van der Waals surface area (Å²) in [6.45, 7) is 4.20. The van der Waals surface area contributed by atoms with Crippen LogP contribution in [0, 0.1) is 6.92 Å². The molecule has 5 heteroatoms. The molecule has 1 aromatic heterocycles. The van der Waals surface area contributed by atoms with Crippen LogP contribution in [0.25, 0.3) is 11.0 Å². The Hall–Kier alpha value is -2.95. The fourth-order valence-corrected chi connectivity index (χ4v) is 2.77. The maximum atomic E-state index is 12.4. The predicted molar refractivity (Wildman–Crippen MR) is 98.4 cm³/mol. The van der Waals surface area contributed by atoms with Crippen LogP contribution >= 0.6 is 0 Å². The second-order valence-corrected chi connectivity index (χ2v) is 6.02. The van der Waals surface area contributed by atoms with Crippen molar-refractivity contribution in [1.82, 2.24) is 14.9 Å². The molecule has 0 radical (unpaired) electrons. The molecule has 3 aromatic rings. The Balaban J connectivity index is 1.75. The Bertz CT molecular complexity index is 959. The number of carbonyl (C=O) groups excluding carboxylic acids is 1. The zero-order valence-corrected chi connectivity index (χ0v) is 14.5. The van der Waals surface area contributed by atoms with Crippen LogP contribution in [0.2, 0.25) is 0 Å². The van der Waals surface area contributed by atoms with E-state index >= 15 is 0 Å². The lowest BCUT2D eigenvalue weighted by molar-refractivity contribution is -0.121. The first kappa shape index (κ1) is 16.9. The molecule has 1 N–H and O–H groups in total. The highest BCUT2D eigenvalue weighted by molar-refractivity contribution is 5.80. The second kappa shape index (κ2) is 7.30. The Kier molecular flexibility index (Phi) is 4.93. The number of hydrogen-bond donors (Lipinski definition) is 1. The summed E-state index contributed by atoms with van der Waals surface area (Å²) in [4.78, 5) is 29.0. The summed E-state index contributed by atoms with van der Waals surface area (Å²) in [6, 6.07) is 15.5. The SMILES string of the molecule is CCc1ccc(CNC(=O)Cn2c(=O)c(C)nc3ccccc32)cc1. The van der Waals surface area contributed by atoms with Crippen LogP contribution < -0.4 is 10.9 Å². The average Bonchev–Trinajstić information content (AvgIpc) is 2.64. The molecule has 25 heavy (non-hydrogen) atoms. The zero-order chi connectivity index (χ0) is 17.8. The number of hydrogen-bond acceptors (Lipinski definition) is 3. The van der Waals surface area contributed by atoms with Crippen LogP contribution in [-0.2, 0) is 24.3 Å². The van der Waals surface area contributed by atoms with E-state index in [4.69, 9.17) is 0 Å². The van der Waals surface area contributed by atoms with Crippen molar-refractivity contribution < 1.29 is 4.79 Å². The number of benzene rings is 2. The molecule has 0 aliphatic carbocycles. The standard InChI is InChI=1S/C20H21N3O2/c1-3-15-8-10-16(11-9-15)12-21-19(24)13-23-18-7-5-4-6-17(18)22-14(2)20(23)25/h4-11H,3,12-13H2,1-2H3,(H,21,24). The van der Waals surface area contributed by atoms with Crippen LogP contribution in [0.3, 0.4) is 0 Å². The van der Waals surface area contributed by atoms with E-state index in [1.165, 1.54) is 10.1 Å². The highest BCUT2D eigenvalue weighted by Crippen LogP contribution is 2.10. The van der Waals surface area contributed by atoms with Gasteiger partial charge in [-0.25, -0.2) is 4.98 Å². The molecule has 0 aliphatic rings. The number of nitrogens with one attached hydrogen (secondary N) is 1. The Morgan fingerprint density at radius 2 is 1.76 bits per heavy atom. The van der Waals surface area contributed by atoms with Crippen molar-refractivity contribution >= 4 is 16.9 Å². The first-order valence-electron chi connectivity index (χ1n) is 8.39. The molecule has 2 aromatic carbocycles. The third kappa shape index (κ3) is 3.76. The van der Waals surface area contributed by atoms with Crippen molar-refractivity contribution in [2.75, 3.05) is 0 Å². The first-order valence-corrected chi connectivity index (χ1v) is 8.39. The minimum Gasteiger partial charge on any atom is -0.350 e. The predicted octanol–water partition coefficient (Wildman–Crippen LogP) is 2.58. The Morgan fingerprint density at radius 3 is 2.48 bits per heavy atom. The van der Waals surface area contributed by atoms with Gasteiger partial charge in [-0.2, -0.15) is 0 Å². The fourth-order valence-electron chi connectivity index (χ4n) is 2.77. The summed E-state index contributed by atoms with van der Waals surface area (Å²) in [7, 11) is 0. The molecule has 5 nitrogen and oxygen atoms in total. The smallest absolute Gasteiger partial charge is 0.272 e. The van der Waals surface area contributed by atoms with Crippen molar-refractivity contribution in [3.05, 3.63) is 75.7 Å². The number of carbonyl (C=O) groups is 1. The van der Waals surface area contributed by atoms with Gasteiger partial charge in [0.2, 0.25) is 5.91 Å². The third-order valence-corrected chi connectivity index (χ3v) is 4.24. The molecule has 0 aliphatic heterocycles. The number of aryl methyl sites for hydroxylation is 2. The van der Waals surface area contributed by atoms with E-state index in [1.54, 1.807) is 13.0 Å². The highest BCUT2D eigenvalue weighted by Gasteiger charge is 2.11.